The second kappa shape index (κ2) is 7.02. The van der Waals surface area contributed by atoms with Crippen LogP contribution in [0.4, 0.5) is 10.5 Å². The largest absolute Gasteiger partial charge is 0.467 e. The summed E-state index contributed by atoms with van der Waals surface area (Å²) >= 11 is 0. The molecule has 7 heteroatoms. The molecule has 2 amide bonds. The van der Waals surface area contributed by atoms with E-state index in [2.05, 4.69) is 10.6 Å². The molecule has 0 aromatic heterocycles. The van der Waals surface area contributed by atoms with Gasteiger partial charge in [0.2, 0.25) is 6.79 Å². The van der Waals surface area contributed by atoms with E-state index >= 15 is 0 Å². The van der Waals surface area contributed by atoms with Crippen LogP contribution in [0, 0.1) is 5.92 Å². The molecule has 0 saturated carbocycles. The number of hydrogen-bond acceptors (Lipinski definition) is 5. The number of benzene rings is 1. The second-order valence-corrected chi connectivity index (χ2v) is 5.05. The van der Waals surface area contributed by atoms with Gasteiger partial charge in [-0.05, 0) is 18.1 Å². The minimum atomic E-state index is -0.691. The molecule has 7 nitrogen and oxygen atoms in total. The Morgan fingerprint density at radius 3 is 2.73 bits per heavy atom. The van der Waals surface area contributed by atoms with Gasteiger partial charge < -0.3 is 24.8 Å². The van der Waals surface area contributed by atoms with Crippen molar-refractivity contribution in [1.82, 2.24) is 5.32 Å². The third-order valence-electron chi connectivity index (χ3n) is 3.59. The van der Waals surface area contributed by atoms with Gasteiger partial charge in [0.1, 0.15) is 6.04 Å². The molecule has 1 aliphatic heterocycles. The zero-order valence-electron chi connectivity index (χ0n) is 12.8. The Kier molecular flexibility index (Phi) is 5.08. The molecule has 1 aromatic carbocycles. The van der Waals surface area contributed by atoms with E-state index in [0.717, 1.165) is 6.42 Å². The summed E-state index contributed by atoms with van der Waals surface area (Å²) in [7, 11) is 1.30. The fourth-order valence-corrected chi connectivity index (χ4v) is 2.08. The van der Waals surface area contributed by atoms with Gasteiger partial charge in [0, 0.05) is 11.8 Å². The van der Waals surface area contributed by atoms with Crippen molar-refractivity contribution in [1.29, 1.82) is 0 Å². The number of ether oxygens (including phenoxy) is 3. The summed E-state index contributed by atoms with van der Waals surface area (Å²) in [5.74, 6) is 0.715. The lowest BCUT2D eigenvalue weighted by atomic mass is 9.99. The van der Waals surface area contributed by atoms with Crippen LogP contribution in [0.3, 0.4) is 0 Å². The summed E-state index contributed by atoms with van der Waals surface area (Å²) < 4.78 is 15.2. The van der Waals surface area contributed by atoms with Crippen molar-refractivity contribution in [2.24, 2.45) is 5.92 Å². The summed E-state index contributed by atoms with van der Waals surface area (Å²) in [5.41, 5.74) is 0.550. The van der Waals surface area contributed by atoms with Crippen molar-refractivity contribution in [2.75, 3.05) is 19.2 Å². The topological polar surface area (TPSA) is 85.9 Å². The Labute approximate surface area is 128 Å². The van der Waals surface area contributed by atoms with Gasteiger partial charge in [-0.15, -0.1) is 0 Å². The molecule has 1 aromatic rings. The summed E-state index contributed by atoms with van der Waals surface area (Å²) in [5, 5.41) is 5.30. The molecule has 0 spiro atoms. The number of rotatable bonds is 5. The number of carbonyl (C=O) groups excluding carboxylic acids is 2. The van der Waals surface area contributed by atoms with Crippen molar-refractivity contribution in [2.45, 2.75) is 26.3 Å². The van der Waals surface area contributed by atoms with Crippen molar-refractivity contribution >= 4 is 17.7 Å². The van der Waals surface area contributed by atoms with Crippen LogP contribution in [0.1, 0.15) is 20.3 Å². The maximum atomic E-state index is 12.1. The van der Waals surface area contributed by atoms with Crippen LogP contribution in [0.2, 0.25) is 0 Å². The van der Waals surface area contributed by atoms with Crippen LogP contribution >= 0.6 is 0 Å². The first kappa shape index (κ1) is 15.9. The van der Waals surface area contributed by atoms with Crippen LogP contribution in [0.5, 0.6) is 11.5 Å². The summed E-state index contributed by atoms with van der Waals surface area (Å²) in [4.78, 5) is 23.8. The number of methoxy groups -OCH3 is 1. The normalized spacial score (nSPS) is 14.9. The van der Waals surface area contributed by atoms with E-state index in [9.17, 15) is 9.59 Å². The van der Waals surface area contributed by atoms with Gasteiger partial charge in [-0.1, -0.05) is 20.3 Å². The highest BCUT2D eigenvalue weighted by molar-refractivity contribution is 5.93. The van der Waals surface area contributed by atoms with E-state index in [1.165, 1.54) is 7.11 Å². The Hall–Kier alpha value is -2.44. The van der Waals surface area contributed by atoms with E-state index in [-0.39, 0.29) is 12.7 Å². The molecular formula is C15H20N2O5. The molecule has 22 heavy (non-hydrogen) atoms. The number of carbonyl (C=O) groups is 2. The highest BCUT2D eigenvalue weighted by Gasteiger charge is 2.26. The Morgan fingerprint density at radius 2 is 2.05 bits per heavy atom. The van der Waals surface area contributed by atoms with Crippen LogP contribution in [-0.2, 0) is 9.53 Å². The quantitative estimate of drug-likeness (QED) is 0.814. The number of urea groups is 1. The summed E-state index contributed by atoms with van der Waals surface area (Å²) in [6, 6.07) is 3.91. The van der Waals surface area contributed by atoms with E-state index < -0.39 is 18.0 Å². The Morgan fingerprint density at radius 1 is 1.32 bits per heavy atom. The molecule has 1 aliphatic rings. The number of amides is 2. The summed E-state index contributed by atoms with van der Waals surface area (Å²) in [6.07, 6.45) is 0.740. The molecule has 0 saturated heterocycles. The zero-order valence-corrected chi connectivity index (χ0v) is 12.8. The molecule has 120 valence electrons. The van der Waals surface area contributed by atoms with Gasteiger partial charge in [-0.3, -0.25) is 0 Å². The summed E-state index contributed by atoms with van der Waals surface area (Å²) in [6.45, 7) is 3.99. The van der Waals surface area contributed by atoms with Gasteiger partial charge in [0.05, 0.1) is 7.11 Å². The average Bonchev–Trinajstić information content (AvgIpc) is 2.98. The van der Waals surface area contributed by atoms with Gasteiger partial charge in [0.15, 0.2) is 11.5 Å². The van der Waals surface area contributed by atoms with E-state index in [1.807, 2.05) is 13.8 Å². The van der Waals surface area contributed by atoms with Gasteiger partial charge >= 0.3 is 12.0 Å². The monoisotopic (exact) mass is 308 g/mol. The highest BCUT2D eigenvalue weighted by Crippen LogP contribution is 2.34. The van der Waals surface area contributed by atoms with Crippen molar-refractivity contribution in [3.63, 3.8) is 0 Å². The van der Waals surface area contributed by atoms with E-state index in [4.69, 9.17) is 14.2 Å². The number of nitrogens with one attached hydrogen (secondary N) is 2. The predicted octanol–water partition coefficient (Wildman–Crippen LogP) is 2.12. The van der Waals surface area contributed by atoms with Gasteiger partial charge in [-0.2, -0.15) is 0 Å². The lowest BCUT2D eigenvalue weighted by Crippen LogP contribution is -2.47. The molecule has 0 bridgehead atoms. The average molecular weight is 308 g/mol. The first-order valence-corrected chi connectivity index (χ1v) is 7.10. The Balaban J connectivity index is 2.00. The third-order valence-corrected chi connectivity index (χ3v) is 3.59. The highest BCUT2D eigenvalue weighted by atomic mass is 16.7. The molecule has 2 N–H and O–H groups in total. The van der Waals surface area contributed by atoms with Crippen LogP contribution in [-0.4, -0.2) is 31.9 Å². The fraction of sp³-hybridized carbons (Fsp3) is 0.467. The van der Waals surface area contributed by atoms with Crippen molar-refractivity contribution in [3.05, 3.63) is 18.2 Å². The minimum Gasteiger partial charge on any atom is -0.467 e. The minimum absolute atomic E-state index is 0.0325. The van der Waals surface area contributed by atoms with E-state index in [0.29, 0.717) is 17.2 Å². The molecule has 0 radical (unpaired) electrons. The van der Waals surface area contributed by atoms with Crippen molar-refractivity contribution in [3.8, 4) is 11.5 Å². The van der Waals surface area contributed by atoms with E-state index in [1.54, 1.807) is 18.2 Å². The lowest BCUT2D eigenvalue weighted by Gasteiger charge is -2.22. The van der Waals surface area contributed by atoms with Crippen molar-refractivity contribution < 1.29 is 23.8 Å². The molecular weight excluding hydrogens is 288 g/mol. The molecule has 0 aliphatic carbocycles. The number of anilines is 1. The fourth-order valence-electron chi connectivity index (χ4n) is 2.08. The molecule has 2 atom stereocenters. The first-order valence-electron chi connectivity index (χ1n) is 7.10. The molecule has 0 fully saturated rings. The Bertz CT molecular complexity index is 561. The zero-order chi connectivity index (χ0) is 16.1. The SMILES string of the molecule is CC[C@H](C)[C@H](NC(=O)Nc1ccc2c(c1)OCO2)C(=O)OC. The molecule has 2 rings (SSSR count). The van der Waals surface area contributed by atoms with Crippen LogP contribution in [0.25, 0.3) is 0 Å². The number of fused-ring (bicyclic) bond motifs is 1. The van der Waals surface area contributed by atoms with Crippen LogP contribution in [0.15, 0.2) is 18.2 Å². The molecule has 0 unspecified atom stereocenters. The first-order chi connectivity index (χ1) is 10.5. The smallest absolute Gasteiger partial charge is 0.328 e. The van der Waals surface area contributed by atoms with Gasteiger partial charge in [-0.25, -0.2) is 9.59 Å². The van der Waals surface area contributed by atoms with Crippen LogP contribution < -0.4 is 20.1 Å². The lowest BCUT2D eigenvalue weighted by molar-refractivity contribution is -0.144. The number of esters is 1. The second-order valence-electron chi connectivity index (χ2n) is 5.05. The molecule has 1 heterocycles. The maximum absolute atomic E-state index is 12.1. The standard InChI is InChI=1S/C15H20N2O5/c1-4-9(2)13(14(18)20-3)17-15(19)16-10-5-6-11-12(7-10)22-8-21-11/h5-7,9,13H,4,8H2,1-3H3,(H2,16,17,19)/t9-,13-/m0/s1. The van der Waals surface area contributed by atoms with Gasteiger partial charge in [0.25, 0.3) is 0 Å². The maximum Gasteiger partial charge on any atom is 0.328 e. The third kappa shape index (κ3) is 3.60. The predicted molar refractivity (Wildman–Crippen MR) is 80.0 cm³/mol. The number of hydrogen-bond donors (Lipinski definition) is 2.